The third kappa shape index (κ3) is 3.35. The van der Waals surface area contributed by atoms with Crippen LogP contribution in [0, 0.1) is 0 Å². The van der Waals surface area contributed by atoms with Gasteiger partial charge in [-0.15, -0.1) is 0 Å². The highest BCUT2D eigenvalue weighted by atomic mass is 35.5. The second-order valence-electron chi connectivity index (χ2n) is 4.56. The van der Waals surface area contributed by atoms with Gasteiger partial charge in [0.05, 0.1) is 0 Å². The first kappa shape index (κ1) is 13.6. The van der Waals surface area contributed by atoms with Crippen LogP contribution in [-0.4, -0.2) is 9.55 Å². The Kier molecular flexibility index (Phi) is 4.22. The fourth-order valence-electron chi connectivity index (χ4n) is 1.74. The van der Waals surface area contributed by atoms with Crippen molar-refractivity contribution in [2.75, 3.05) is 5.32 Å². The maximum Gasteiger partial charge on any atom is 0.293 e. The van der Waals surface area contributed by atoms with Crippen molar-refractivity contribution in [1.82, 2.24) is 9.55 Å². The maximum absolute atomic E-state index is 12.1. The monoisotopic (exact) mass is 277 g/mol. The maximum atomic E-state index is 12.1. The van der Waals surface area contributed by atoms with E-state index in [1.807, 2.05) is 38.1 Å². The molecule has 4 nitrogen and oxygen atoms in total. The minimum atomic E-state index is -0.105. The topological polar surface area (TPSA) is 46.9 Å². The average molecular weight is 278 g/mol. The largest absolute Gasteiger partial charge is 0.361 e. The molecule has 1 aromatic carbocycles. The van der Waals surface area contributed by atoms with Crippen LogP contribution in [0.25, 0.3) is 0 Å². The van der Waals surface area contributed by atoms with Crippen LogP contribution in [0.3, 0.4) is 0 Å². The summed E-state index contributed by atoms with van der Waals surface area (Å²) >= 11 is 5.82. The van der Waals surface area contributed by atoms with Gasteiger partial charge in [0, 0.05) is 30.0 Å². The molecule has 0 saturated carbocycles. The van der Waals surface area contributed by atoms with E-state index < -0.39 is 0 Å². The zero-order valence-electron chi connectivity index (χ0n) is 10.9. The number of nitrogens with zero attached hydrogens (tertiary/aromatic N) is 2. The smallest absolute Gasteiger partial charge is 0.293 e. The van der Waals surface area contributed by atoms with Crippen LogP contribution in [0.4, 0.5) is 5.82 Å². The van der Waals surface area contributed by atoms with E-state index in [1.165, 1.54) is 0 Å². The number of anilines is 1. The van der Waals surface area contributed by atoms with Gasteiger partial charge in [-0.25, -0.2) is 4.98 Å². The van der Waals surface area contributed by atoms with Crippen LogP contribution in [0.5, 0.6) is 0 Å². The molecule has 0 bridgehead atoms. The van der Waals surface area contributed by atoms with Gasteiger partial charge in [0.1, 0.15) is 0 Å². The molecule has 0 radical (unpaired) electrons. The van der Waals surface area contributed by atoms with Gasteiger partial charge < -0.3 is 9.88 Å². The molecule has 19 heavy (non-hydrogen) atoms. The van der Waals surface area contributed by atoms with E-state index >= 15 is 0 Å². The molecule has 0 atom stereocenters. The Labute approximate surface area is 117 Å². The zero-order valence-corrected chi connectivity index (χ0v) is 11.7. The number of halogens is 1. The molecular formula is C14H16ClN3O. The van der Waals surface area contributed by atoms with Crippen LogP contribution in [0.1, 0.15) is 25.5 Å². The van der Waals surface area contributed by atoms with Crippen LogP contribution in [0.15, 0.2) is 41.5 Å². The van der Waals surface area contributed by atoms with Crippen molar-refractivity contribution in [3.05, 3.63) is 57.6 Å². The fourth-order valence-corrected chi connectivity index (χ4v) is 1.87. The van der Waals surface area contributed by atoms with Gasteiger partial charge in [-0.05, 0) is 31.5 Å². The Hall–Kier alpha value is -1.81. The zero-order chi connectivity index (χ0) is 13.8. The van der Waals surface area contributed by atoms with Gasteiger partial charge in [-0.2, -0.15) is 0 Å². The lowest BCUT2D eigenvalue weighted by molar-refractivity contribution is 0.575. The van der Waals surface area contributed by atoms with Crippen molar-refractivity contribution < 1.29 is 0 Å². The number of hydrogen-bond acceptors (Lipinski definition) is 3. The van der Waals surface area contributed by atoms with Crippen molar-refractivity contribution in [2.24, 2.45) is 0 Å². The fraction of sp³-hybridized carbons (Fsp3) is 0.286. The SMILES string of the molecule is CC(C)n1ccnc(NCc2ccc(Cl)cc2)c1=O. The number of nitrogens with one attached hydrogen (secondary N) is 1. The van der Waals surface area contributed by atoms with Crippen molar-refractivity contribution >= 4 is 17.4 Å². The van der Waals surface area contributed by atoms with Crippen molar-refractivity contribution in [3.63, 3.8) is 0 Å². The van der Waals surface area contributed by atoms with E-state index in [0.717, 1.165) is 5.56 Å². The molecule has 0 aliphatic rings. The van der Waals surface area contributed by atoms with Crippen molar-refractivity contribution in [2.45, 2.75) is 26.4 Å². The normalized spacial score (nSPS) is 10.7. The molecule has 1 N–H and O–H groups in total. The minimum Gasteiger partial charge on any atom is -0.361 e. The first-order chi connectivity index (χ1) is 9.08. The van der Waals surface area contributed by atoms with Crippen molar-refractivity contribution in [1.29, 1.82) is 0 Å². The summed E-state index contributed by atoms with van der Waals surface area (Å²) in [6, 6.07) is 7.59. The molecule has 0 fully saturated rings. The Morgan fingerprint density at radius 2 is 2.00 bits per heavy atom. The first-order valence-corrected chi connectivity index (χ1v) is 6.51. The number of rotatable bonds is 4. The van der Waals surface area contributed by atoms with Gasteiger partial charge >= 0.3 is 0 Å². The quantitative estimate of drug-likeness (QED) is 0.934. The number of hydrogen-bond donors (Lipinski definition) is 1. The predicted octanol–water partition coefficient (Wildman–Crippen LogP) is 3.09. The van der Waals surface area contributed by atoms with Gasteiger partial charge in [0.15, 0.2) is 5.82 Å². The first-order valence-electron chi connectivity index (χ1n) is 6.13. The third-order valence-electron chi connectivity index (χ3n) is 2.80. The Morgan fingerprint density at radius 1 is 1.32 bits per heavy atom. The van der Waals surface area contributed by atoms with E-state index in [1.54, 1.807) is 17.0 Å². The summed E-state index contributed by atoms with van der Waals surface area (Å²) in [6.45, 7) is 4.47. The average Bonchev–Trinajstić information content (AvgIpc) is 2.39. The molecule has 0 spiro atoms. The summed E-state index contributed by atoms with van der Waals surface area (Å²) in [7, 11) is 0. The molecule has 100 valence electrons. The highest BCUT2D eigenvalue weighted by molar-refractivity contribution is 6.30. The standard InChI is InChI=1S/C14H16ClN3O/c1-10(2)18-8-7-16-13(14(18)19)17-9-11-3-5-12(15)6-4-11/h3-8,10H,9H2,1-2H3,(H,16,17). The molecule has 2 aromatic rings. The van der Waals surface area contributed by atoms with Gasteiger partial charge in [0.25, 0.3) is 5.56 Å². The molecule has 1 heterocycles. The molecule has 0 aliphatic heterocycles. The lowest BCUT2D eigenvalue weighted by Crippen LogP contribution is -2.25. The predicted molar refractivity (Wildman–Crippen MR) is 77.7 cm³/mol. The molecule has 1 aromatic heterocycles. The van der Waals surface area contributed by atoms with E-state index in [0.29, 0.717) is 17.4 Å². The van der Waals surface area contributed by atoms with Crippen molar-refractivity contribution in [3.8, 4) is 0 Å². The summed E-state index contributed by atoms with van der Waals surface area (Å²) in [5.74, 6) is 0.367. The highest BCUT2D eigenvalue weighted by Gasteiger charge is 2.06. The Morgan fingerprint density at radius 3 is 2.63 bits per heavy atom. The van der Waals surface area contributed by atoms with Crippen LogP contribution in [0.2, 0.25) is 5.02 Å². The van der Waals surface area contributed by atoms with E-state index in [2.05, 4.69) is 10.3 Å². The molecule has 0 unspecified atom stereocenters. The lowest BCUT2D eigenvalue weighted by atomic mass is 10.2. The summed E-state index contributed by atoms with van der Waals surface area (Å²) in [6.07, 6.45) is 3.33. The Bertz CT molecular complexity index is 605. The van der Waals surface area contributed by atoms with Crippen LogP contribution >= 0.6 is 11.6 Å². The minimum absolute atomic E-state index is 0.105. The van der Waals surface area contributed by atoms with Gasteiger partial charge in [-0.1, -0.05) is 23.7 Å². The lowest BCUT2D eigenvalue weighted by Gasteiger charge is -2.11. The second-order valence-corrected chi connectivity index (χ2v) is 5.00. The summed E-state index contributed by atoms with van der Waals surface area (Å²) in [5.41, 5.74) is 0.942. The third-order valence-corrected chi connectivity index (χ3v) is 3.05. The van der Waals surface area contributed by atoms with Crippen LogP contribution in [-0.2, 0) is 6.54 Å². The van der Waals surface area contributed by atoms with E-state index in [-0.39, 0.29) is 11.6 Å². The molecule has 0 aliphatic carbocycles. The molecule has 0 saturated heterocycles. The van der Waals surface area contributed by atoms with Gasteiger partial charge in [-0.3, -0.25) is 4.79 Å². The van der Waals surface area contributed by atoms with Crippen LogP contribution < -0.4 is 10.9 Å². The summed E-state index contributed by atoms with van der Waals surface area (Å²) in [4.78, 5) is 16.2. The summed E-state index contributed by atoms with van der Waals surface area (Å²) in [5, 5.41) is 3.75. The molecule has 0 amide bonds. The van der Waals surface area contributed by atoms with Gasteiger partial charge in [0.2, 0.25) is 0 Å². The van der Waals surface area contributed by atoms with E-state index in [9.17, 15) is 4.79 Å². The molecular weight excluding hydrogens is 262 g/mol. The number of aromatic nitrogens is 2. The van der Waals surface area contributed by atoms with E-state index in [4.69, 9.17) is 11.6 Å². The summed E-state index contributed by atoms with van der Waals surface area (Å²) < 4.78 is 1.65. The molecule has 2 rings (SSSR count). The molecule has 5 heteroatoms. The Balaban J connectivity index is 2.14. The second kappa shape index (κ2) is 5.89. The number of benzene rings is 1. The highest BCUT2D eigenvalue weighted by Crippen LogP contribution is 2.10.